The lowest BCUT2D eigenvalue weighted by molar-refractivity contribution is -0.122. The normalized spacial score (nSPS) is 14.7. The summed E-state index contributed by atoms with van der Waals surface area (Å²) >= 11 is 0. The summed E-state index contributed by atoms with van der Waals surface area (Å²) < 4.78 is 1.59. The highest BCUT2D eigenvalue weighted by Crippen LogP contribution is 2.24. The van der Waals surface area contributed by atoms with Crippen molar-refractivity contribution in [3.8, 4) is 11.3 Å². The molecule has 1 aromatic heterocycles. The van der Waals surface area contributed by atoms with Crippen LogP contribution < -0.4 is 21.1 Å². The van der Waals surface area contributed by atoms with Crippen LogP contribution >= 0.6 is 0 Å². The number of amides is 1. The summed E-state index contributed by atoms with van der Waals surface area (Å²) in [7, 11) is 1.98. The van der Waals surface area contributed by atoms with E-state index in [0.29, 0.717) is 17.4 Å². The minimum absolute atomic E-state index is 0.0167. The fraction of sp³-hybridized carbons (Fsp3) is 0.560. The molecule has 7 heteroatoms. The molecule has 2 heterocycles. The van der Waals surface area contributed by atoms with Crippen LogP contribution in [0.1, 0.15) is 45.6 Å². The Morgan fingerprint density at radius 1 is 1.25 bits per heavy atom. The Bertz CT molecular complexity index is 961. The molecule has 0 bridgehead atoms. The van der Waals surface area contributed by atoms with Gasteiger partial charge in [-0.15, -0.1) is 0 Å². The van der Waals surface area contributed by atoms with E-state index in [4.69, 9.17) is 0 Å². The summed E-state index contributed by atoms with van der Waals surface area (Å²) in [5.41, 5.74) is 2.57. The third-order valence-electron chi connectivity index (χ3n) is 6.14. The molecule has 0 atom stereocenters. The van der Waals surface area contributed by atoms with Crippen LogP contribution in [0.25, 0.3) is 11.3 Å². The molecule has 1 aromatic carbocycles. The van der Waals surface area contributed by atoms with E-state index < -0.39 is 0 Å². The van der Waals surface area contributed by atoms with Gasteiger partial charge in [-0.25, -0.2) is 4.98 Å². The van der Waals surface area contributed by atoms with Crippen LogP contribution in [0.4, 0.5) is 5.82 Å². The summed E-state index contributed by atoms with van der Waals surface area (Å²) in [6.07, 6.45) is 5.92. The second kappa shape index (κ2) is 11.3. The zero-order valence-electron chi connectivity index (χ0n) is 19.9. The van der Waals surface area contributed by atoms with E-state index in [1.54, 1.807) is 10.8 Å². The molecular weight excluding hydrogens is 402 g/mol. The largest absolute Gasteiger partial charge is 0.352 e. The monoisotopic (exact) mass is 439 g/mol. The molecule has 3 rings (SSSR count). The van der Waals surface area contributed by atoms with Crippen LogP contribution in [-0.4, -0.2) is 48.2 Å². The summed E-state index contributed by atoms with van der Waals surface area (Å²) in [5, 5.41) is 6.12. The van der Waals surface area contributed by atoms with Crippen LogP contribution in [0.15, 0.2) is 35.3 Å². The summed E-state index contributed by atoms with van der Waals surface area (Å²) in [6.45, 7) is 8.58. The number of piperidine rings is 1. The molecule has 1 amide bonds. The number of aromatic nitrogens is 2. The highest BCUT2D eigenvalue weighted by molar-refractivity contribution is 5.77. The number of hydrogen-bond donors (Lipinski definition) is 2. The predicted molar refractivity (Wildman–Crippen MR) is 130 cm³/mol. The number of aryl methyl sites for hydroxylation is 1. The van der Waals surface area contributed by atoms with E-state index in [-0.39, 0.29) is 24.1 Å². The molecule has 0 unspecified atom stereocenters. The standard InChI is InChI=1S/C25H37N5O2/c1-5-19-7-6-8-21(15-19)22-16-27-24(25(32)30(22)17-23(31)28-18(2)3)29-13-10-20(11-14-29)9-12-26-4/h6-8,15-16,18,20,26H,5,9-14,17H2,1-4H3,(H,28,31). The van der Waals surface area contributed by atoms with E-state index in [2.05, 4.69) is 39.6 Å². The van der Waals surface area contributed by atoms with E-state index in [1.807, 2.05) is 33.0 Å². The first-order chi connectivity index (χ1) is 15.4. The van der Waals surface area contributed by atoms with Crippen molar-refractivity contribution in [2.45, 2.75) is 59.0 Å². The number of carbonyl (C=O) groups excluding carboxylic acids is 1. The number of anilines is 1. The SMILES string of the molecule is CCc1cccc(-c2cnc(N3CCC(CCNC)CC3)c(=O)n2CC(=O)NC(C)C)c1. The van der Waals surface area contributed by atoms with Gasteiger partial charge in [-0.05, 0) is 70.7 Å². The van der Waals surface area contributed by atoms with E-state index >= 15 is 0 Å². The second-order valence-electron chi connectivity index (χ2n) is 8.96. The van der Waals surface area contributed by atoms with Crippen LogP contribution in [0.5, 0.6) is 0 Å². The van der Waals surface area contributed by atoms with Gasteiger partial charge in [0.25, 0.3) is 5.56 Å². The summed E-state index contributed by atoms with van der Waals surface area (Å²) in [6, 6.07) is 8.11. The van der Waals surface area contributed by atoms with Crippen LogP contribution in [-0.2, 0) is 17.8 Å². The van der Waals surface area contributed by atoms with E-state index in [9.17, 15) is 9.59 Å². The molecule has 32 heavy (non-hydrogen) atoms. The third kappa shape index (κ3) is 5.97. The molecular formula is C25H37N5O2. The topological polar surface area (TPSA) is 79.3 Å². The van der Waals surface area contributed by atoms with Crippen molar-refractivity contribution in [2.75, 3.05) is 31.6 Å². The summed E-state index contributed by atoms with van der Waals surface area (Å²) in [4.78, 5) is 32.8. The number of nitrogens with zero attached hydrogens (tertiary/aromatic N) is 3. The van der Waals surface area contributed by atoms with Crippen molar-refractivity contribution >= 4 is 11.7 Å². The molecule has 1 aliphatic heterocycles. The minimum Gasteiger partial charge on any atom is -0.352 e. The Kier molecular flexibility index (Phi) is 8.45. The average Bonchev–Trinajstić information content (AvgIpc) is 2.79. The zero-order valence-corrected chi connectivity index (χ0v) is 19.9. The highest BCUT2D eigenvalue weighted by atomic mass is 16.2. The van der Waals surface area contributed by atoms with Crippen molar-refractivity contribution in [2.24, 2.45) is 5.92 Å². The van der Waals surface area contributed by atoms with Crippen LogP contribution in [0, 0.1) is 5.92 Å². The lowest BCUT2D eigenvalue weighted by Gasteiger charge is -2.32. The first-order valence-electron chi connectivity index (χ1n) is 11.8. The zero-order chi connectivity index (χ0) is 23.1. The Hall–Kier alpha value is -2.67. The molecule has 0 radical (unpaired) electrons. The predicted octanol–water partition coefficient (Wildman–Crippen LogP) is 2.82. The van der Waals surface area contributed by atoms with Crippen molar-refractivity contribution in [3.05, 3.63) is 46.4 Å². The number of carbonyl (C=O) groups is 1. The van der Waals surface area contributed by atoms with E-state index in [0.717, 1.165) is 50.9 Å². The third-order valence-corrected chi connectivity index (χ3v) is 6.14. The van der Waals surface area contributed by atoms with Crippen molar-refractivity contribution < 1.29 is 4.79 Å². The number of rotatable bonds is 9. The maximum atomic E-state index is 13.6. The Morgan fingerprint density at radius 2 is 2.00 bits per heavy atom. The maximum absolute atomic E-state index is 13.6. The lowest BCUT2D eigenvalue weighted by Crippen LogP contribution is -2.42. The molecule has 1 aliphatic rings. The van der Waals surface area contributed by atoms with Crippen molar-refractivity contribution in [1.29, 1.82) is 0 Å². The first kappa shape index (κ1) is 24.0. The highest BCUT2D eigenvalue weighted by Gasteiger charge is 2.24. The number of hydrogen-bond acceptors (Lipinski definition) is 5. The van der Waals surface area contributed by atoms with Gasteiger partial charge in [0.1, 0.15) is 6.54 Å². The summed E-state index contributed by atoms with van der Waals surface area (Å²) in [5.74, 6) is 0.955. The van der Waals surface area contributed by atoms with Gasteiger partial charge in [-0.1, -0.05) is 25.1 Å². The Labute approximate surface area is 191 Å². The molecule has 1 saturated heterocycles. The lowest BCUT2D eigenvalue weighted by atomic mass is 9.93. The van der Waals surface area contributed by atoms with Gasteiger partial charge in [0.2, 0.25) is 5.91 Å². The first-order valence-corrected chi connectivity index (χ1v) is 11.8. The molecule has 0 saturated carbocycles. The van der Waals surface area contributed by atoms with Crippen molar-refractivity contribution in [1.82, 2.24) is 20.2 Å². The Morgan fingerprint density at radius 3 is 2.66 bits per heavy atom. The maximum Gasteiger partial charge on any atom is 0.294 e. The van der Waals surface area contributed by atoms with Gasteiger partial charge in [-0.2, -0.15) is 0 Å². The molecule has 0 spiro atoms. The van der Waals surface area contributed by atoms with Gasteiger partial charge in [0.05, 0.1) is 11.9 Å². The molecule has 7 nitrogen and oxygen atoms in total. The van der Waals surface area contributed by atoms with Gasteiger partial charge in [-0.3, -0.25) is 14.2 Å². The van der Waals surface area contributed by atoms with Gasteiger partial charge >= 0.3 is 0 Å². The van der Waals surface area contributed by atoms with Crippen LogP contribution in [0.3, 0.4) is 0 Å². The van der Waals surface area contributed by atoms with Crippen molar-refractivity contribution in [3.63, 3.8) is 0 Å². The minimum atomic E-state index is -0.197. The second-order valence-corrected chi connectivity index (χ2v) is 8.96. The average molecular weight is 440 g/mol. The van der Waals surface area contributed by atoms with Gasteiger partial charge < -0.3 is 15.5 Å². The molecule has 0 aliphatic carbocycles. The number of nitrogens with one attached hydrogen (secondary N) is 2. The van der Waals surface area contributed by atoms with Gasteiger partial charge in [0.15, 0.2) is 5.82 Å². The molecule has 2 aromatic rings. The molecule has 1 fully saturated rings. The fourth-order valence-corrected chi connectivity index (χ4v) is 4.33. The number of benzene rings is 1. The van der Waals surface area contributed by atoms with E-state index in [1.165, 1.54) is 5.56 Å². The quantitative estimate of drug-likeness (QED) is 0.628. The fourth-order valence-electron chi connectivity index (χ4n) is 4.33. The smallest absolute Gasteiger partial charge is 0.294 e. The van der Waals surface area contributed by atoms with Gasteiger partial charge in [0, 0.05) is 24.7 Å². The van der Waals surface area contributed by atoms with Crippen LogP contribution in [0.2, 0.25) is 0 Å². The molecule has 2 N–H and O–H groups in total. The molecule has 174 valence electrons. The Balaban J connectivity index is 1.93.